The second-order valence-corrected chi connectivity index (χ2v) is 7.14. The number of pyridine rings is 1. The zero-order valence-corrected chi connectivity index (χ0v) is 14.5. The van der Waals surface area contributed by atoms with Crippen molar-refractivity contribution in [2.45, 2.75) is 25.7 Å². The number of amides is 1. The van der Waals surface area contributed by atoms with Gasteiger partial charge in [-0.25, -0.2) is 18.4 Å². The number of nitrogens with one attached hydrogen (secondary N) is 1. The van der Waals surface area contributed by atoms with Gasteiger partial charge in [-0.05, 0) is 49.9 Å². The van der Waals surface area contributed by atoms with Gasteiger partial charge in [0.2, 0.25) is 0 Å². The molecule has 1 N–H and O–H groups in total. The van der Waals surface area contributed by atoms with E-state index in [4.69, 9.17) is 0 Å². The number of carbonyl (C=O) groups is 1. The Bertz CT molecular complexity index is 1090. The van der Waals surface area contributed by atoms with Gasteiger partial charge < -0.3 is 5.32 Å². The molecular formula is C20H16F2N4O. The maximum Gasteiger partial charge on any atom is 0.277 e. The molecule has 1 aromatic carbocycles. The Hall–Kier alpha value is -3.09. The lowest BCUT2D eigenvalue weighted by Crippen LogP contribution is -2.16. The molecule has 2 heterocycles. The number of nitrogens with zero attached hydrogens (tertiary/aromatic N) is 3. The Morgan fingerprint density at radius 2 is 2.11 bits per heavy atom. The fourth-order valence-electron chi connectivity index (χ4n) is 3.92. The van der Waals surface area contributed by atoms with Crippen molar-refractivity contribution in [3.63, 3.8) is 0 Å². The maximum atomic E-state index is 14.3. The van der Waals surface area contributed by atoms with Crippen LogP contribution in [0.4, 0.5) is 14.6 Å². The minimum absolute atomic E-state index is 0.160. The summed E-state index contributed by atoms with van der Waals surface area (Å²) < 4.78 is 29.1. The lowest BCUT2D eigenvalue weighted by molar-refractivity contribution is 0.102. The third-order valence-corrected chi connectivity index (χ3v) is 5.25. The van der Waals surface area contributed by atoms with Gasteiger partial charge in [0.1, 0.15) is 17.3 Å². The Morgan fingerprint density at radius 1 is 1.26 bits per heavy atom. The van der Waals surface area contributed by atoms with Gasteiger partial charge in [0.15, 0.2) is 11.5 Å². The number of anilines is 1. The van der Waals surface area contributed by atoms with Crippen molar-refractivity contribution in [2.75, 3.05) is 5.32 Å². The van der Waals surface area contributed by atoms with E-state index in [9.17, 15) is 13.6 Å². The molecule has 2 aromatic heterocycles. The Morgan fingerprint density at radius 3 is 2.89 bits per heavy atom. The predicted molar refractivity (Wildman–Crippen MR) is 95.0 cm³/mol. The minimum atomic E-state index is -0.697. The van der Waals surface area contributed by atoms with Gasteiger partial charge in [0, 0.05) is 23.2 Å². The summed E-state index contributed by atoms with van der Waals surface area (Å²) in [6.07, 6.45) is 1.77. The summed E-state index contributed by atoms with van der Waals surface area (Å²) in [5.41, 5.74) is 2.95. The van der Waals surface area contributed by atoms with Crippen LogP contribution in [0.3, 0.4) is 0 Å². The summed E-state index contributed by atoms with van der Waals surface area (Å²) >= 11 is 0. The molecule has 0 aliphatic heterocycles. The van der Waals surface area contributed by atoms with E-state index in [0.29, 0.717) is 11.7 Å². The smallest absolute Gasteiger partial charge is 0.277 e. The molecule has 27 heavy (non-hydrogen) atoms. The number of fused-ring (bicyclic) bond motifs is 3. The van der Waals surface area contributed by atoms with Crippen LogP contribution >= 0.6 is 0 Å². The molecule has 0 saturated heterocycles. The van der Waals surface area contributed by atoms with Crippen LogP contribution in [-0.2, 0) is 6.42 Å². The van der Waals surface area contributed by atoms with Crippen LogP contribution in [0.1, 0.15) is 39.8 Å². The largest absolute Gasteiger partial charge is 0.305 e. The number of aromatic nitrogens is 3. The summed E-state index contributed by atoms with van der Waals surface area (Å²) in [4.78, 5) is 17.1. The first-order valence-electron chi connectivity index (χ1n) is 8.83. The first-order chi connectivity index (χ1) is 13.0. The van der Waals surface area contributed by atoms with Gasteiger partial charge in [-0.1, -0.05) is 6.07 Å². The molecule has 1 saturated carbocycles. The fourth-order valence-corrected chi connectivity index (χ4v) is 3.92. The third kappa shape index (κ3) is 2.61. The Balaban J connectivity index is 1.56. The average Bonchev–Trinajstić information content (AvgIpc) is 3.12. The van der Waals surface area contributed by atoms with Crippen molar-refractivity contribution < 1.29 is 13.6 Å². The van der Waals surface area contributed by atoms with Crippen LogP contribution in [0.2, 0.25) is 0 Å². The van der Waals surface area contributed by atoms with E-state index in [2.05, 4.69) is 15.4 Å². The summed E-state index contributed by atoms with van der Waals surface area (Å²) in [6.45, 7) is 1.84. The Labute approximate surface area is 154 Å². The second-order valence-electron chi connectivity index (χ2n) is 7.14. The zero-order chi connectivity index (χ0) is 18.7. The number of aryl methyl sites for hydroxylation is 1. The average molecular weight is 366 g/mol. The molecule has 136 valence electrons. The van der Waals surface area contributed by atoms with E-state index >= 15 is 0 Å². The highest BCUT2D eigenvalue weighted by Gasteiger charge is 2.50. The lowest BCUT2D eigenvalue weighted by atomic mass is 10.1. The molecule has 3 aromatic rings. The van der Waals surface area contributed by atoms with Crippen molar-refractivity contribution >= 4 is 11.7 Å². The number of halogens is 2. The highest BCUT2D eigenvalue weighted by molar-refractivity contribution is 6.03. The highest BCUT2D eigenvalue weighted by Crippen LogP contribution is 2.57. The van der Waals surface area contributed by atoms with Crippen molar-refractivity contribution in [1.82, 2.24) is 14.8 Å². The van der Waals surface area contributed by atoms with Crippen LogP contribution in [0.5, 0.6) is 0 Å². The predicted octanol–water partition coefficient (Wildman–Crippen LogP) is 3.77. The normalized spacial score (nSPS) is 19.5. The number of carbonyl (C=O) groups excluding carboxylic acids is 1. The third-order valence-electron chi connectivity index (χ3n) is 5.25. The summed E-state index contributed by atoms with van der Waals surface area (Å²) in [5, 5.41) is 7.17. The molecule has 5 nitrogen and oxygen atoms in total. The molecule has 0 radical (unpaired) electrons. The quantitative estimate of drug-likeness (QED) is 0.768. The summed E-state index contributed by atoms with van der Waals surface area (Å²) in [6, 6.07) is 8.75. The monoisotopic (exact) mass is 366 g/mol. The molecule has 0 spiro atoms. The van der Waals surface area contributed by atoms with Crippen LogP contribution in [0.25, 0.3) is 5.69 Å². The van der Waals surface area contributed by atoms with Crippen molar-refractivity contribution in [1.29, 1.82) is 0 Å². The number of hydrogen-bond donors (Lipinski definition) is 1. The Kier molecular flexibility index (Phi) is 3.40. The van der Waals surface area contributed by atoms with Crippen LogP contribution in [0.15, 0.2) is 36.4 Å². The number of rotatable bonds is 3. The highest BCUT2D eigenvalue weighted by atomic mass is 19.1. The SMILES string of the molecule is Cc1cccc(NC(=O)c2nn(-c3ccc(F)cc3F)c3c2C[C@H]2C[C@@H]32)n1. The number of benzene rings is 1. The van der Waals surface area contributed by atoms with Gasteiger partial charge in [-0.2, -0.15) is 5.10 Å². The van der Waals surface area contributed by atoms with Crippen LogP contribution < -0.4 is 5.32 Å². The van der Waals surface area contributed by atoms with Crippen LogP contribution in [0, 0.1) is 24.5 Å². The maximum absolute atomic E-state index is 14.3. The fraction of sp³-hybridized carbons (Fsp3) is 0.250. The molecule has 7 heteroatoms. The van der Waals surface area contributed by atoms with E-state index in [1.54, 1.807) is 6.07 Å². The lowest BCUT2D eigenvalue weighted by Gasteiger charge is -2.07. The standard InChI is InChI=1S/C20H16F2N4O/c1-10-3-2-4-17(23-10)24-20(27)18-14-8-11-7-13(11)19(14)26(25-18)16-6-5-12(21)9-15(16)22/h2-6,9,11,13H,7-8H2,1H3,(H,23,24,27)/t11-,13-/m1/s1. The molecular weight excluding hydrogens is 350 g/mol. The first-order valence-corrected chi connectivity index (χ1v) is 8.83. The minimum Gasteiger partial charge on any atom is -0.305 e. The van der Waals surface area contributed by atoms with Crippen molar-refractivity contribution in [2.24, 2.45) is 5.92 Å². The second kappa shape index (κ2) is 5.70. The van der Waals surface area contributed by atoms with Crippen molar-refractivity contribution in [3.8, 4) is 5.69 Å². The summed E-state index contributed by atoms with van der Waals surface area (Å²) in [5.74, 6) is -0.497. The molecule has 2 aliphatic carbocycles. The molecule has 0 unspecified atom stereocenters. The van der Waals surface area contributed by atoms with E-state index in [1.807, 2.05) is 19.1 Å². The molecule has 5 rings (SSSR count). The zero-order valence-electron chi connectivity index (χ0n) is 14.5. The summed E-state index contributed by atoms with van der Waals surface area (Å²) in [7, 11) is 0. The number of hydrogen-bond acceptors (Lipinski definition) is 3. The van der Waals surface area contributed by atoms with Crippen LogP contribution in [-0.4, -0.2) is 20.7 Å². The van der Waals surface area contributed by atoms with E-state index in [1.165, 1.54) is 16.8 Å². The van der Waals surface area contributed by atoms with Gasteiger partial charge in [0.25, 0.3) is 5.91 Å². The molecule has 2 atom stereocenters. The van der Waals surface area contributed by atoms with E-state index < -0.39 is 11.6 Å². The molecule has 2 aliphatic rings. The molecule has 0 bridgehead atoms. The first kappa shape index (κ1) is 16.1. The van der Waals surface area contributed by atoms with Crippen molar-refractivity contribution in [3.05, 3.63) is 70.7 Å². The van der Waals surface area contributed by atoms with Gasteiger partial charge in [0.05, 0.1) is 5.69 Å². The molecule has 1 amide bonds. The topological polar surface area (TPSA) is 59.8 Å². The van der Waals surface area contributed by atoms with E-state index in [-0.39, 0.29) is 23.2 Å². The molecule has 1 fully saturated rings. The van der Waals surface area contributed by atoms with Gasteiger partial charge in [-0.15, -0.1) is 0 Å². The van der Waals surface area contributed by atoms with E-state index in [0.717, 1.165) is 35.9 Å². The van der Waals surface area contributed by atoms with Gasteiger partial charge >= 0.3 is 0 Å². The van der Waals surface area contributed by atoms with Gasteiger partial charge in [-0.3, -0.25) is 4.79 Å².